The van der Waals surface area contributed by atoms with Crippen molar-refractivity contribution in [2.75, 3.05) is 32.2 Å². The van der Waals surface area contributed by atoms with Gasteiger partial charge in [-0.1, -0.05) is 40.2 Å². The minimum atomic E-state index is -0.465. The predicted octanol–water partition coefficient (Wildman–Crippen LogP) is 6.18. The quantitative estimate of drug-likeness (QED) is 0.485. The second kappa shape index (κ2) is 10.1. The third-order valence-corrected chi connectivity index (χ3v) is 7.60. The molecule has 1 aliphatic rings. The molecule has 0 amide bonds. The summed E-state index contributed by atoms with van der Waals surface area (Å²) in [7, 11) is 3.20. The molecule has 0 aliphatic heterocycles. The first-order valence-electron chi connectivity index (χ1n) is 12.6. The number of methoxy groups -OCH3 is 2. The minimum Gasteiger partial charge on any atom is -0.451 e. The Kier molecular flexibility index (Phi) is 7.81. The standard InChI is InChI=1S/C28H43N3O3/c1-11-19-23(20-14-18(5)22(15-17(20)4)30(12-2)13-3)25(33-9)24(19)21-16-31(27(32)34-10)29-26(21)28(6,7)8/h14-16,19,23-25H,11-13H2,1-10H3. The number of rotatable bonds is 7. The molecule has 1 heterocycles. The van der Waals surface area contributed by atoms with Crippen molar-refractivity contribution in [1.29, 1.82) is 0 Å². The van der Waals surface area contributed by atoms with Crippen molar-refractivity contribution < 1.29 is 14.3 Å². The molecule has 6 heteroatoms. The molecule has 34 heavy (non-hydrogen) atoms. The summed E-state index contributed by atoms with van der Waals surface area (Å²) in [6.45, 7) is 19.5. The van der Waals surface area contributed by atoms with Gasteiger partial charge in [-0.25, -0.2) is 4.79 Å². The third kappa shape index (κ3) is 4.49. The van der Waals surface area contributed by atoms with Crippen molar-refractivity contribution in [1.82, 2.24) is 9.78 Å². The van der Waals surface area contributed by atoms with Crippen LogP contribution in [0, 0.1) is 19.8 Å². The monoisotopic (exact) mass is 469 g/mol. The molecule has 4 atom stereocenters. The Balaban J connectivity index is 2.06. The Labute approximate surface area is 205 Å². The topological polar surface area (TPSA) is 56.6 Å². The smallest absolute Gasteiger partial charge is 0.434 e. The van der Waals surface area contributed by atoms with Gasteiger partial charge in [-0.2, -0.15) is 9.78 Å². The zero-order chi connectivity index (χ0) is 25.4. The number of anilines is 1. The van der Waals surface area contributed by atoms with Crippen LogP contribution in [0.4, 0.5) is 10.5 Å². The fraction of sp³-hybridized carbons (Fsp3) is 0.643. The first-order chi connectivity index (χ1) is 16.0. The van der Waals surface area contributed by atoms with Gasteiger partial charge in [0.15, 0.2) is 0 Å². The van der Waals surface area contributed by atoms with Crippen molar-refractivity contribution in [3.63, 3.8) is 0 Å². The normalized spacial score (nSPS) is 22.4. The second-order valence-corrected chi connectivity index (χ2v) is 10.6. The number of carbonyl (C=O) groups excluding carboxylic acids is 1. The molecule has 4 unspecified atom stereocenters. The molecule has 0 radical (unpaired) electrons. The highest BCUT2D eigenvalue weighted by Crippen LogP contribution is 2.57. The van der Waals surface area contributed by atoms with E-state index < -0.39 is 6.09 Å². The number of carbonyl (C=O) groups is 1. The molecule has 1 fully saturated rings. The van der Waals surface area contributed by atoms with E-state index >= 15 is 0 Å². The van der Waals surface area contributed by atoms with Crippen LogP contribution in [-0.2, 0) is 14.9 Å². The lowest BCUT2D eigenvalue weighted by molar-refractivity contribution is -0.0526. The van der Waals surface area contributed by atoms with Crippen LogP contribution >= 0.6 is 0 Å². The van der Waals surface area contributed by atoms with Gasteiger partial charge in [0.1, 0.15) is 0 Å². The molecule has 2 aromatic rings. The number of nitrogens with zero attached hydrogens (tertiary/aromatic N) is 3. The second-order valence-electron chi connectivity index (χ2n) is 10.6. The lowest BCUT2D eigenvalue weighted by Crippen LogP contribution is -2.49. The first-order valence-corrected chi connectivity index (χ1v) is 12.6. The van der Waals surface area contributed by atoms with Crippen molar-refractivity contribution in [2.45, 2.75) is 85.2 Å². The largest absolute Gasteiger partial charge is 0.451 e. The molecule has 1 aromatic carbocycles. The van der Waals surface area contributed by atoms with Gasteiger partial charge in [0.25, 0.3) is 0 Å². The SMILES string of the molecule is CCC1C(c2cc(C)c(N(CC)CC)cc2C)C(OC)C1c1cn(C(=O)OC)nc1C(C)(C)C. The van der Waals surface area contributed by atoms with Gasteiger partial charge in [-0.05, 0) is 56.4 Å². The van der Waals surface area contributed by atoms with Gasteiger partial charge in [0, 0.05) is 54.9 Å². The number of benzene rings is 1. The van der Waals surface area contributed by atoms with E-state index in [0.717, 1.165) is 30.8 Å². The van der Waals surface area contributed by atoms with Crippen LogP contribution < -0.4 is 4.90 Å². The molecule has 0 N–H and O–H groups in total. The van der Waals surface area contributed by atoms with Crippen LogP contribution in [0.5, 0.6) is 0 Å². The summed E-state index contributed by atoms with van der Waals surface area (Å²) in [5.74, 6) is 0.882. The summed E-state index contributed by atoms with van der Waals surface area (Å²) in [6.07, 6.45) is 2.45. The molecule has 1 aliphatic carbocycles. The Morgan fingerprint density at radius 3 is 2.15 bits per heavy atom. The number of ether oxygens (including phenoxy) is 2. The van der Waals surface area contributed by atoms with Crippen LogP contribution in [0.15, 0.2) is 18.3 Å². The van der Waals surface area contributed by atoms with E-state index in [2.05, 4.69) is 77.5 Å². The van der Waals surface area contributed by atoms with E-state index in [4.69, 9.17) is 9.47 Å². The average Bonchev–Trinajstić information content (AvgIpc) is 3.22. The van der Waals surface area contributed by atoms with Gasteiger partial charge in [0.05, 0.1) is 18.9 Å². The molecule has 0 saturated heterocycles. The van der Waals surface area contributed by atoms with E-state index in [9.17, 15) is 4.79 Å². The first kappa shape index (κ1) is 26.3. The maximum Gasteiger partial charge on any atom is 0.434 e. The fourth-order valence-electron chi connectivity index (χ4n) is 5.89. The fourth-order valence-corrected chi connectivity index (χ4v) is 5.89. The Bertz CT molecular complexity index is 1000. The average molecular weight is 470 g/mol. The Hall–Kier alpha value is -2.34. The summed E-state index contributed by atoms with van der Waals surface area (Å²) < 4.78 is 12.5. The van der Waals surface area contributed by atoms with Crippen molar-refractivity contribution in [2.24, 2.45) is 5.92 Å². The van der Waals surface area contributed by atoms with E-state index in [1.165, 1.54) is 34.2 Å². The molecule has 0 bridgehead atoms. The zero-order valence-corrected chi connectivity index (χ0v) is 22.7. The maximum absolute atomic E-state index is 12.3. The summed E-state index contributed by atoms with van der Waals surface area (Å²) in [6, 6.07) is 4.72. The Morgan fingerprint density at radius 1 is 1.03 bits per heavy atom. The van der Waals surface area contributed by atoms with Crippen LogP contribution in [0.1, 0.15) is 87.7 Å². The zero-order valence-electron chi connectivity index (χ0n) is 22.7. The van der Waals surface area contributed by atoms with Gasteiger partial charge in [0.2, 0.25) is 0 Å². The molecule has 188 valence electrons. The number of aryl methyl sites for hydroxylation is 2. The van der Waals surface area contributed by atoms with Crippen LogP contribution in [-0.4, -0.2) is 49.3 Å². The summed E-state index contributed by atoms with van der Waals surface area (Å²) in [5, 5.41) is 4.65. The number of hydrogen-bond donors (Lipinski definition) is 0. The molecular weight excluding hydrogens is 426 g/mol. The number of aromatic nitrogens is 2. The minimum absolute atomic E-state index is 0.0266. The van der Waals surface area contributed by atoms with Crippen molar-refractivity contribution in [3.05, 3.63) is 46.3 Å². The highest BCUT2D eigenvalue weighted by Gasteiger charge is 2.53. The highest BCUT2D eigenvalue weighted by atomic mass is 16.5. The predicted molar refractivity (Wildman–Crippen MR) is 138 cm³/mol. The van der Waals surface area contributed by atoms with Crippen LogP contribution in [0.25, 0.3) is 0 Å². The van der Waals surface area contributed by atoms with E-state index in [0.29, 0.717) is 11.8 Å². The Morgan fingerprint density at radius 2 is 1.65 bits per heavy atom. The molecular formula is C28H43N3O3. The third-order valence-electron chi connectivity index (χ3n) is 7.60. The highest BCUT2D eigenvalue weighted by molar-refractivity contribution is 5.69. The molecule has 0 spiro atoms. The summed E-state index contributed by atoms with van der Waals surface area (Å²) in [5.41, 5.74) is 7.16. The van der Waals surface area contributed by atoms with Crippen LogP contribution in [0.2, 0.25) is 0 Å². The number of hydrogen-bond acceptors (Lipinski definition) is 5. The lowest BCUT2D eigenvalue weighted by Gasteiger charge is -2.52. The van der Waals surface area contributed by atoms with Gasteiger partial charge >= 0.3 is 6.09 Å². The molecule has 3 rings (SSSR count). The molecule has 1 aromatic heterocycles. The maximum atomic E-state index is 12.3. The van der Waals surface area contributed by atoms with Crippen molar-refractivity contribution >= 4 is 11.8 Å². The van der Waals surface area contributed by atoms with E-state index in [1.807, 2.05) is 13.3 Å². The van der Waals surface area contributed by atoms with Gasteiger partial charge < -0.3 is 14.4 Å². The van der Waals surface area contributed by atoms with Crippen LogP contribution in [0.3, 0.4) is 0 Å². The van der Waals surface area contributed by atoms with E-state index in [1.54, 1.807) is 0 Å². The molecule has 6 nitrogen and oxygen atoms in total. The molecule has 1 saturated carbocycles. The summed E-state index contributed by atoms with van der Waals surface area (Å²) in [4.78, 5) is 14.7. The van der Waals surface area contributed by atoms with Gasteiger partial charge in [-0.3, -0.25) is 0 Å². The van der Waals surface area contributed by atoms with Gasteiger partial charge in [-0.15, -0.1) is 0 Å². The lowest BCUT2D eigenvalue weighted by atomic mass is 9.55. The summed E-state index contributed by atoms with van der Waals surface area (Å²) >= 11 is 0. The van der Waals surface area contributed by atoms with E-state index in [-0.39, 0.29) is 17.4 Å². The van der Waals surface area contributed by atoms with Crippen molar-refractivity contribution in [3.8, 4) is 0 Å².